The van der Waals surface area contributed by atoms with Gasteiger partial charge in [0.05, 0.1) is 25.9 Å². The maximum Gasteiger partial charge on any atom is 0.161 e. The van der Waals surface area contributed by atoms with Crippen molar-refractivity contribution in [3.63, 3.8) is 0 Å². The van der Waals surface area contributed by atoms with Crippen molar-refractivity contribution in [3.8, 4) is 17.6 Å². The smallest absolute Gasteiger partial charge is 0.161 e. The van der Waals surface area contributed by atoms with Gasteiger partial charge in [-0.15, -0.1) is 0 Å². The van der Waals surface area contributed by atoms with E-state index >= 15 is 0 Å². The first-order valence-electron chi connectivity index (χ1n) is 9.63. The van der Waals surface area contributed by atoms with Crippen molar-refractivity contribution in [3.05, 3.63) is 71.4 Å². The lowest BCUT2D eigenvalue weighted by Gasteiger charge is -2.25. The van der Waals surface area contributed by atoms with Crippen molar-refractivity contribution in [2.45, 2.75) is 20.0 Å². The number of hydrogen-bond donors (Lipinski definition) is 0. The molecule has 146 valence electrons. The Hall–Kier alpha value is -2.97. The fourth-order valence-electron chi connectivity index (χ4n) is 3.05. The van der Waals surface area contributed by atoms with Crippen LogP contribution in [0.2, 0.25) is 0 Å². The first-order chi connectivity index (χ1) is 13.8. The third-order valence-corrected chi connectivity index (χ3v) is 4.47. The van der Waals surface area contributed by atoms with Gasteiger partial charge in [-0.1, -0.05) is 36.4 Å². The average Bonchev–Trinajstić information content (AvgIpc) is 2.74. The Balaban J connectivity index is 1.70. The second-order valence-corrected chi connectivity index (χ2v) is 6.58. The summed E-state index contributed by atoms with van der Waals surface area (Å²) in [6.07, 6.45) is 2.51. The van der Waals surface area contributed by atoms with Crippen LogP contribution < -0.4 is 9.47 Å². The first-order valence-corrected chi connectivity index (χ1v) is 9.63. The van der Waals surface area contributed by atoms with Crippen molar-refractivity contribution in [2.75, 3.05) is 32.9 Å². The molecule has 0 unspecified atom stereocenters. The van der Waals surface area contributed by atoms with Crippen LogP contribution in [0.15, 0.2) is 60.3 Å². The van der Waals surface area contributed by atoms with E-state index in [9.17, 15) is 5.26 Å². The van der Waals surface area contributed by atoms with Gasteiger partial charge in [0.15, 0.2) is 11.5 Å². The number of benzene rings is 2. The largest absolute Gasteiger partial charge is 0.490 e. The van der Waals surface area contributed by atoms with Gasteiger partial charge in [0.1, 0.15) is 6.61 Å². The van der Waals surface area contributed by atoms with Crippen molar-refractivity contribution in [1.82, 2.24) is 4.90 Å². The van der Waals surface area contributed by atoms with E-state index in [1.54, 1.807) is 0 Å². The van der Waals surface area contributed by atoms with Crippen LogP contribution in [0.1, 0.15) is 18.1 Å². The van der Waals surface area contributed by atoms with Gasteiger partial charge in [0.2, 0.25) is 0 Å². The molecule has 0 amide bonds. The Morgan fingerprint density at radius 2 is 1.86 bits per heavy atom. The molecule has 3 rings (SSSR count). The molecule has 1 aliphatic rings. The van der Waals surface area contributed by atoms with E-state index in [-0.39, 0.29) is 0 Å². The number of nitriles is 1. The van der Waals surface area contributed by atoms with E-state index in [1.807, 2.05) is 61.7 Å². The molecule has 0 atom stereocenters. The minimum absolute atomic E-state index is 0.487. The lowest BCUT2D eigenvalue weighted by Crippen LogP contribution is -2.32. The minimum atomic E-state index is 0.487. The summed E-state index contributed by atoms with van der Waals surface area (Å²) < 4.78 is 17.1. The second kappa shape index (κ2) is 10.4. The topological polar surface area (TPSA) is 54.7 Å². The Labute approximate surface area is 166 Å². The number of allylic oxidation sites excluding steroid dienone is 1. The molecule has 1 heterocycles. The summed E-state index contributed by atoms with van der Waals surface area (Å²) in [6, 6.07) is 18.2. The lowest BCUT2D eigenvalue weighted by atomic mass is 10.1. The molecular weight excluding hydrogens is 352 g/mol. The van der Waals surface area contributed by atoms with Gasteiger partial charge in [0.25, 0.3) is 0 Å². The number of ether oxygens (including phenoxy) is 3. The van der Waals surface area contributed by atoms with E-state index < -0.39 is 0 Å². The second-order valence-electron chi connectivity index (χ2n) is 6.58. The zero-order valence-corrected chi connectivity index (χ0v) is 16.3. The van der Waals surface area contributed by atoms with Gasteiger partial charge < -0.3 is 19.1 Å². The fraction of sp³-hybridized carbons (Fsp3) is 0.348. The Morgan fingerprint density at radius 1 is 1.07 bits per heavy atom. The molecule has 0 radical (unpaired) electrons. The van der Waals surface area contributed by atoms with Crippen LogP contribution >= 0.6 is 0 Å². The summed E-state index contributed by atoms with van der Waals surface area (Å²) in [7, 11) is 0. The molecule has 28 heavy (non-hydrogen) atoms. The number of rotatable bonds is 8. The van der Waals surface area contributed by atoms with Crippen molar-refractivity contribution >= 4 is 0 Å². The van der Waals surface area contributed by atoms with Gasteiger partial charge in [-0.3, -0.25) is 0 Å². The average molecular weight is 378 g/mol. The molecule has 5 nitrogen and oxygen atoms in total. The molecule has 0 aliphatic carbocycles. The van der Waals surface area contributed by atoms with E-state index in [1.165, 1.54) is 0 Å². The lowest BCUT2D eigenvalue weighted by molar-refractivity contribution is 0.0591. The monoisotopic (exact) mass is 378 g/mol. The first kappa shape index (κ1) is 19.8. The third-order valence-electron chi connectivity index (χ3n) is 4.47. The normalized spacial score (nSPS) is 14.4. The molecular formula is C23H26N2O3. The van der Waals surface area contributed by atoms with Crippen LogP contribution in [-0.4, -0.2) is 37.8 Å². The number of morpholine rings is 1. The highest BCUT2D eigenvalue weighted by molar-refractivity contribution is 5.45. The van der Waals surface area contributed by atoms with E-state index in [0.717, 1.165) is 29.8 Å². The molecule has 0 bridgehead atoms. The van der Waals surface area contributed by atoms with Crippen LogP contribution in [0.3, 0.4) is 0 Å². The van der Waals surface area contributed by atoms with E-state index in [2.05, 4.69) is 11.0 Å². The highest BCUT2D eigenvalue weighted by Gasteiger charge is 2.11. The molecule has 0 N–H and O–H groups in total. The summed E-state index contributed by atoms with van der Waals surface area (Å²) >= 11 is 0. The molecule has 0 spiro atoms. The third kappa shape index (κ3) is 5.77. The van der Waals surface area contributed by atoms with Gasteiger partial charge >= 0.3 is 0 Å². The van der Waals surface area contributed by atoms with Gasteiger partial charge in [-0.05, 0) is 30.2 Å². The molecule has 2 aromatic rings. The maximum atomic E-state index is 9.52. The minimum Gasteiger partial charge on any atom is -0.490 e. The quantitative estimate of drug-likeness (QED) is 0.651. The molecule has 0 aromatic heterocycles. The maximum absolute atomic E-state index is 9.52. The predicted molar refractivity (Wildman–Crippen MR) is 108 cm³/mol. The van der Waals surface area contributed by atoms with Gasteiger partial charge in [0, 0.05) is 31.3 Å². The Kier molecular flexibility index (Phi) is 7.34. The summed E-state index contributed by atoms with van der Waals surface area (Å²) in [5, 5.41) is 9.52. The molecule has 1 saturated heterocycles. The van der Waals surface area contributed by atoms with Crippen LogP contribution in [-0.2, 0) is 17.8 Å². The van der Waals surface area contributed by atoms with Crippen LogP contribution in [0.5, 0.6) is 11.5 Å². The van der Waals surface area contributed by atoms with E-state index in [0.29, 0.717) is 44.3 Å². The summed E-state index contributed by atoms with van der Waals surface area (Å²) in [5.41, 5.74) is 2.85. The molecule has 1 aliphatic heterocycles. The molecule has 2 aromatic carbocycles. The highest BCUT2D eigenvalue weighted by Crippen LogP contribution is 2.30. The number of hydrogen-bond acceptors (Lipinski definition) is 5. The van der Waals surface area contributed by atoms with E-state index in [4.69, 9.17) is 14.2 Å². The number of nitrogens with zero attached hydrogens (tertiary/aromatic N) is 2. The molecule has 0 saturated carbocycles. The SMILES string of the molecule is CCOc1cc(C/C(C#N)=C/N2CCOCC2)ccc1OCc1ccccc1. The summed E-state index contributed by atoms with van der Waals surface area (Å²) in [5.74, 6) is 1.42. The predicted octanol–water partition coefficient (Wildman–Crippen LogP) is 3.95. The van der Waals surface area contributed by atoms with Crippen LogP contribution in [0.25, 0.3) is 0 Å². The molecule has 1 fully saturated rings. The van der Waals surface area contributed by atoms with Crippen molar-refractivity contribution in [1.29, 1.82) is 5.26 Å². The summed E-state index contributed by atoms with van der Waals surface area (Å²) in [6.45, 7) is 6.05. The van der Waals surface area contributed by atoms with Gasteiger partial charge in [-0.25, -0.2) is 0 Å². The fourth-order valence-corrected chi connectivity index (χ4v) is 3.05. The molecule has 5 heteroatoms. The van der Waals surface area contributed by atoms with Crippen molar-refractivity contribution in [2.24, 2.45) is 0 Å². The van der Waals surface area contributed by atoms with Crippen LogP contribution in [0, 0.1) is 11.3 Å². The van der Waals surface area contributed by atoms with Crippen molar-refractivity contribution < 1.29 is 14.2 Å². The zero-order valence-electron chi connectivity index (χ0n) is 16.3. The van der Waals surface area contributed by atoms with Crippen LogP contribution in [0.4, 0.5) is 0 Å². The zero-order chi connectivity index (χ0) is 19.6. The highest BCUT2D eigenvalue weighted by atomic mass is 16.5. The van der Waals surface area contributed by atoms with Gasteiger partial charge in [-0.2, -0.15) is 5.26 Å². The summed E-state index contributed by atoms with van der Waals surface area (Å²) in [4.78, 5) is 2.14. The standard InChI is InChI=1S/C23H26N2O3/c1-2-27-23-15-20(14-21(16-24)17-25-10-12-26-13-11-25)8-9-22(23)28-18-19-6-4-3-5-7-19/h3-9,15,17H,2,10-14,18H2,1H3/b21-17-. The Morgan fingerprint density at radius 3 is 2.57 bits per heavy atom. The Bertz CT molecular complexity index is 821.